The van der Waals surface area contributed by atoms with Crippen LogP contribution in [0, 0.1) is 0 Å². The lowest BCUT2D eigenvalue weighted by molar-refractivity contribution is 0.0838. The van der Waals surface area contributed by atoms with E-state index < -0.39 is 15.9 Å². The quantitative estimate of drug-likeness (QED) is 0.560. The maximum atomic E-state index is 12.4. The zero-order chi connectivity index (χ0) is 22.3. The molecule has 0 fully saturated rings. The lowest BCUT2D eigenvalue weighted by Gasteiger charge is -2.30. The minimum absolute atomic E-state index is 0.0994. The van der Waals surface area contributed by atoms with Gasteiger partial charge in [-0.15, -0.1) is 0 Å². The maximum absolute atomic E-state index is 12.4. The largest absolute Gasteiger partial charge is 0.390 e. The van der Waals surface area contributed by atoms with Crippen LogP contribution >= 0.6 is 0 Å². The Bertz CT molecular complexity index is 997. The smallest absolute Gasteiger partial charge is 0.270 e. The number of rotatable bonds is 10. The number of aryl methyl sites for hydroxylation is 1. The first kappa shape index (κ1) is 23.3. The van der Waals surface area contributed by atoms with Crippen molar-refractivity contribution in [1.29, 1.82) is 0 Å². The molecule has 0 saturated carbocycles. The number of aliphatic hydroxyl groups is 1. The summed E-state index contributed by atoms with van der Waals surface area (Å²) in [7, 11) is -3.02. The Morgan fingerprint density at radius 3 is 2.81 bits per heavy atom. The highest BCUT2D eigenvalue weighted by Gasteiger charge is 2.19. The molecule has 1 aromatic heterocycles. The number of carbonyl (C=O) groups is 1. The molecule has 0 saturated heterocycles. The molecule has 0 aliphatic carbocycles. The van der Waals surface area contributed by atoms with Crippen molar-refractivity contribution in [2.75, 3.05) is 31.1 Å². The summed E-state index contributed by atoms with van der Waals surface area (Å²) in [6.07, 6.45) is 2.49. The summed E-state index contributed by atoms with van der Waals surface area (Å²) in [6.45, 7) is 3.91. The Hall–Kier alpha value is -2.36. The fourth-order valence-corrected chi connectivity index (χ4v) is 4.52. The van der Waals surface area contributed by atoms with Crippen LogP contribution in [-0.2, 0) is 29.2 Å². The van der Waals surface area contributed by atoms with Crippen LogP contribution in [0.15, 0.2) is 36.7 Å². The number of sulfone groups is 1. The third-order valence-corrected chi connectivity index (χ3v) is 7.25. The van der Waals surface area contributed by atoms with Gasteiger partial charge < -0.3 is 10.4 Å². The topological polar surface area (TPSA) is 112 Å². The van der Waals surface area contributed by atoms with Crippen molar-refractivity contribution in [2.45, 2.75) is 38.8 Å². The van der Waals surface area contributed by atoms with E-state index in [0.29, 0.717) is 25.1 Å². The zero-order valence-corrected chi connectivity index (χ0v) is 18.6. The molecule has 0 spiro atoms. The van der Waals surface area contributed by atoms with Crippen molar-refractivity contribution in [2.24, 2.45) is 0 Å². The van der Waals surface area contributed by atoms with Crippen molar-refractivity contribution < 1.29 is 18.3 Å². The monoisotopic (exact) mass is 446 g/mol. The minimum Gasteiger partial charge on any atom is -0.390 e. The Morgan fingerprint density at radius 1 is 1.26 bits per heavy atom. The van der Waals surface area contributed by atoms with Gasteiger partial charge in [-0.05, 0) is 36.5 Å². The number of hydrogen-bond acceptors (Lipinski definition) is 7. The Balaban J connectivity index is 1.45. The van der Waals surface area contributed by atoms with Crippen molar-refractivity contribution in [1.82, 2.24) is 20.2 Å². The third kappa shape index (κ3) is 7.09. The third-order valence-electron chi connectivity index (χ3n) is 5.46. The average Bonchev–Trinajstić information content (AvgIpc) is 2.77. The molecule has 2 N–H and O–H groups in total. The molecule has 2 aromatic rings. The number of aliphatic hydroxyl groups excluding tert-OH is 1. The molecule has 8 nitrogen and oxygen atoms in total. The summed E-state index contributed by atoms with van der Waals surface area (Å²) in [5.74, 6) is -0.160. The van der Waals surface area contributed by atoms with E-state index in [4.69, 9.17) is 0 Å². The van der Waals surface area contributed by atoms with Gasteiger partial charge in [0, 0.05) is 37.6 Å². The number of hydrogen-bond donors (Lipinski definition) is 2. The zero-order valence-electron chi connectivity index (χ0n) is 17.8. The van der Waals surface area contributed by atoms with Gasteiger partial charge in [0.1, 0.15) is 21.9 Å². The standard InChI is InChI=1S/C22H30N4O4S/c1-2-31(29,30)11-5-8-19-12-21(25-16-24-19)22(28)23-13-20(27)15-26-10-9-17-6-3-4-7-18(17)14-26/h3-4,6-7,12,16,20,27H,2,5,8-11,13-15H2,1H3,(H,23,28)/t20-/m0/s1. The van der Waals surface area contributed by atoms with Crippen molar-refractivity contribution in [3.05, 3.63) is 59.2 Å². The number of benzene rings is 1. The van der Waals surface area contributed by atoms with Crippen LogP contribution in [0.1, 0.15) is 40.7 Å². The van der Waals surface area contributed by atoms with Crippen molar-refractivity contribution in [3.63, 3.8) is 0 Å². The summed E-state index contributed by atoms with van der Waals surface area (Å²) in [6, 6.07) is 9.89. The Kier molecular flexibility index (Phi) is 8.11. The molecule has 2 heterocycles. The predicted octanol–water partition coefficient (Wildman–Crippen LogP) is 0.993. The summed E-state index contributed by atoms with van der Waals surface area (Å²) >= 11 is 0. The number of nitrogens with zero attached hydrogens (tertiary/aromatic N) is 3. The summed E-state index contributed by atoms with van der Waals surface area (Å²) in [4.78, 5) is 22.7. The normalized spacial score (nSPS) is 15.3. The van der Waals surface area contributed by atoms with Gasteiger partial charge in [-0.3, -0.25) is 9.69 Å². The molecule has 0 radical (unpaired) electrons. The van der Waals surface area contributed by atoms with E-state index in [2.05, 4.69) is 32.3 Å². The Labute approximate surface area is 183 Å². The van der Waals surface area contributed by atoms with Gasteiger partial charge in [-0.25, -0.2) is 18.4 Å². The first-order valence-corrected chi connectivity index (χ1v) is 12.4. The second kappa shape index (κ2) is 10.8. The van der Waals surface area contributed by atoms with Gasteiger partial charge in [-0.1, -0.05) is 31.2 Å². The van der Waals surface area contributed by atoms with E-state index in [0.717, 1.165) is 19.5 Å². The highest BCUT2D eigenvalue weighted by molar-refractivity contribution is 7.91. The van der Waals surface area contributed by atoms with E-state index in [-0.39, 0.29) is 29.7 Å². The fourth-order valence-electron chi connectivity index (χ4n) is 3.65. The highest BCUT2D eigenvalue weighted by Crippen LogP contribution is 2.18. The van der Waals surface area contributed by atoms with Crippen LogP contribution < -0.4 is 5.32 Å². The van der Waals surface area contributed by atoms with Crippen LogP contribution in [0.5, 0.6) is 0 Å². The predicted molar refractivity (Wildman–Crippen MR) is 118 cm³/mol. The van der Waals surface area contributed by atoms with Crippen LogP contribution in [0.2, 0.25) is 0 Å². The molecule has 1 aliphatic rings. The molecular weight excluding hydrogens is 416 g/mol. The second-order valence-electron chi connectivity index (χ2n) is 7.85. The molecular formula is C22H30N4O4S. The summed E-state index contributed by atoms with van der Waals surface area (Å²) in [5.41, 5.74) is 3.47. The molecule has 0 unspecified atom stereocenters. The first-order valence-electron chi connectivity index (χ1n) is 10.6. The molecule has 0 bridgehead atoms. The van der Waals surface area contributed by atoms with Gasteiger partial charge in [0.15, 0.2) is 0 Å². The van der Waals surface area contributed by atoms with E-state index in [1.54, 1.807) is 13.0 Å². The van der Waals surface area contributed by atoms with E-state index in [1.807, 2.05) is 12.1 Å². The summed E-state index contributed by atoms with van der Waals surface area (Å²) in [5, 5.41) is 13.1. The van der Waals surface area contributed by atoms with Gasteiger partial charge >= 0.3 is 0 Å². The number of β-amino-alcohol motifs (C(OH)–C–C–N with tert-alkyl or cyclic N) is 1. The molecule has 9 heteroatoms. The van der Waals surface area contributed by atoms with E-state index in [1.165, 1.54) is 17.5 Å². The van der Waals surface area contributed by atoms with Gasteiger partial charge in [0.2, 0.25) is 0 Å². The van der Waals surface area contributed by atoms with E-state index >= 15 is 0 Å². The number of carbonyl (C=O) groups excluding carboxylic acids is 1. The van der Waals surface area contributed by atoms with Crippen LogP contribution in [0.4, 0.5) is 0 Å². The first-order chi connectivity index (χ1) is 14.9. The van der Waals surface area contributed by atoms with Gasteiger partial charge in [0.05, 0.1) is 11.9 Å². The maximum Gasteiger partial charge on any atom is 0.270 e. The van der Waals surface area contributed by atoms with Crippen LogP contribution in [0.3, 0.4) is 0 Å². The molecule has 168 valence electrons. The highest BCUT2D eigenvalue weighted by atomic mass is 32.2. The van der Waals surface area contributed by atoms with Crippen molar-refractivity contribution in [3.8, 4) is 0 Å². The van der Waals surface area contributed by atoms with Crippen molar-refractivity contribution >= 4 is 15.7 Å². The Morgan fingerprint density at radius 2 is 2.03 bits per heavy atom. The van der Waals surface area contributed by atoms with Gasteiger partial charge in [0.25, 0.3) is 5.91 Å². The lowest BCUT2D eigenvalue weighted by atomic mass is 10.00. The van der Waals surface area contributed by atoms with E-state index in [9.17, 15) is 18.3 Å². The molecule has 31 heavy (non-hydrogen) atoms. The number of nitrogens with one attached hydrogen (secondary N) is 1. The molecule has 1 aliphatic heterocycles. The molecule has 3 rings (SSSR count). The molecule has 1 amide bonds. The van der Waals surface area contributed by atoms with Crippen LogP contribution in [-0.4, -0.2) is 71.5 Å². The van der Waals surface area contributed by atoms with Crippen LogP contribution in [0.25, 0.3) is 0 Å². The SMILES string of the molecule is CCS(=O)(=O)CCCc1cc(C(=O)NC[C@H](O)CN2CCc3ccccc3C2)ncn1. The lowest BCUT2D eigenvalue weighted by Crippen LogP contribution is -2.42. The summed E-state index contributed by atoms with van der Waals surface area (Å²) < 4.78 is 23.2. The second-order valence-corrected chi connectivity index (χ2v) is 10.3. The fraction of sp³-hybridized carbons (Fsp3) is 0.500. The average molecular weight is 447 g/mol. The molecule has 1 atom stereocenters. The number of amides is 1. The minimum atomic E-state index is -3.02. The van der Waals surface area contributed by atoms with Gasteiger partial charge in [-0.2, -0.15) is 0 Å². The number of aromatic nitrogens is 2. The molecule has 1 aromatic carbocycles. The number of fused-ring (bicyclic) bond motifs is 1.